The van der Waals surface area contributed by atoms with Crippen LogP contribution in [0.4, 0.5) is 0 Å². The van der Waals surface area contributed by atoms with Gasteiger partial charge in [-0.1, -0.05) is 6.92 Å². The number of hydrogen-bond acceptors (Lipinski definition) is 4. The Morgan fingerprint density at radius 1 is 1.46 bits per heavy atom. The largest absolute Gasteiger partial charge is 0.467 e. The summed E-state index contributed by atoms with van der Waals surface area (Å²) >= 11 is 2.02. The summed E-state index contributed by atoms with van der Waals surface area (Å²) in [6.07, 6.45) is 2.76. The van der Waals surface area contributed by atoms with Crippen LogP contribution in [0.5, 0.6) is 0 Å². The van der Waals surface area contributed by atoms with E-state index >= 15 is 0 Å². The highest BCUT2D eigenvalue weighted by molar-refractivity contribution is 14.0. The first-order valence-electron chi connectivity index (χ1n) is 8.16. The molecule has 24 heavy (non-hydrogen) atoms. The van der Waals surface area contributed by atoms with Crippen molar-refractivity contribution in [2.45, 2.75) is 32.1 Å². The van der Waals surface area contributed by atoms with Crippen LogP contribution in [0, 0.1) is 0 Å². The number of hydrogen-bond donors (Lipinski definition) is 2. The molecule has 0 radical (unpaired) electrons. The molecule has 1 saturated heterocycles. The normalized spacial score (nSPS) is 18.0. The van der Waals surface area contributed by atoms with Gasteiger partial charge in [-0.15, -0.1) is 24.0 Å². The van der Waals surface area contributed by atoms with E-state index < -0.39 is 0 Å². The Labute approximate surface area is 165 Å². The molecule has 136 valence electrons. The number of thioether (sulfide) groups is 1. The molecule has 1 atom stereocenters. The summed E-state index contributed by atoms with van der Waals surface area (Å²) in [5.41, 5.74) is 0. The Hall–Kier alpha value is -0.900. The van der Waals surface area contributed by atoms with E-state index in [-0.39, 0.29) is 36.4 Å². The number of carbonyl (C=O) groups excluding carboxylic acids is 1. The van der Waals surface area contributed by atoms with Gasteiger partial charge in [-0.25, -0.2) is 4.99 Å². The lowest BCUT2D eigenvalue weighted by molar-refractivity contribution is -0.119. The molecule has 1 amide bonds. The van der Waals surface area contributed by atoms with Crippen molar-refractivity contribution in [3.63, 3.8) is 0 Å². The third-order valence-electron chi connectivity index (χ3n) is 3.64. The van der Waals surface area contributed by atoms with Crippen LogP contribution in [0.15, 0.2) is 27.8 Å². The van der Waals surface area contributed by atoms with Gasteiger partial charge in [-0.05, 0) is 25.5 Å². The minimum atomic E-state index is -0.102. The van der Waals surface area contributed by atoms with Crippen LogP contribution < -0.4 is 10.6 Å². The minimum Gasteiger partial charge on any atom is -0.467 e. The monoisotopic (exact) mass is 466 g/mol. The Morgan fingerprint density at radius 2 is 2.29 bits per heavy atom. The predicted octanol–water partition coefficient (Wildman–Crippen LogP) is 2.31. The van der Waals surface area contributed by atoms with Crippen LogP contribution in [0.25, 0.3) is 0 Å². The molecule has 0 aliphatic carbocycles. The standard InChI is InChI=1S/C16H26N4O2S.HI/c1-3-14-12-20(7-9-23-14)16(17-4-2)19-11-15(21)18-10-13-6-5-8-22-13;/h5-6,8,14H,3-4,7,9-12H2,1-2H3,(H,17,19)(H,18,21);1H. The first kappa shape index (κ1) is 21.1. The van der Waals surface area contributed by atoms with Gasteiger partial charge in [0, 0.05) is 30.6 Å². The lowest BCUT2D eigenvalue weighted by atomic mass is 10.3. The van der Waals surface area contributed by atoms with Gasteiger partial charge in [0.05, 0.1) is 12.8 Å². The Bertz CT molecular complexity index is 510. The van der Waals surface area contributed by atoms with E-state index in [9.17, 15) is 4.79 Å². The van der Waals surface area contributed by atoms with Crippen molar-refractivity contribution in [2.24, 2.45) is 4.99 Å². The zero-order valence-corrected chi connectivity index (χ0v) is 17.4. The molecule has 0 bridgehead atoms. The first-order chi connectivity index (χ1) is 11.2. The average Bonchev–Trinajstić information content (AvgIpc) is 3.10. The molecule has 2 N–H and O–H groups in total. The second kappa shape index (κ2) is 11.6. The van der Waals surface area contributed by atoms with Crippen molar-refractivity contribution in [1.82, 2.24) is 15.5 Å². The van der Waals surface area contributed by atoms with Crippen LogP contribution >= 0.6 is 35.7 Å². The number of furan rings is 1. The lowest BCUT2D eigenvalue weighted by Gasteiger charge is -2.34. The molecule has 0 saturated carbocycles. The van der Waals surface area contributed by atoms with Gasteiger partial charge in [0.25, 0.3) is 0 Å². The maximum atomic E-state index is 11.9. The Kier molecular flexibility index (Phi) is 10.2. The summed E-state index contributed by atoms with van der Waals surface area (Å²) in [4.78, 5) is 18.7. The van der Waals surface area contributed by atoms with Crippen LogP contribution in [-0.2, 0) is 11.3 Å². The number of halogens is 1. The summed E-state index contributed by atoms with van der Waals surface area (Å²) in [6, 6.07) is 3.64. The van der Waals surface area contributed by atoms with Crippen molar-refractivity contribution >= 4 is 47.6 Å². The Morgan fingerprint density at radius 3 is 2.96 bits per heavy atom. The molecule has 0 aromatic carbocycles. The van der Waals surface area contributed by atoms with Crippen LogP contribution in [0.3, 0.4) is 0 Å². The van der Waals surface area contributed by atoms with E-state index in [2.05, 4.69) is 27.4 Å². The highest BCUT2D eigenvalue weighted by Gasteiger charge is 2.21. The molecule has 1 aliphatic rings. The zero-order chi connectivity index (χ0) is 16.5. The van der Waals surface area contributed by atoms with Gasteiger partial charge in [0.15, 0.2) is 5.96 Å². The molecule has 2 heterocycles. The van der Waals surface area contributed by atoms with E-state index in [1.807, 2.05) is 24.8 Å². The second-order valence-electron chi connectivity index (χ2n) is 5.37. The minimum absolute atomic E-state index is 0. The molecule has 2 rings (SSSR count). The highest BCUT2D eigenvalue weighted by atomic mass is 127. The van der Waals surface area contributed by atoms with Crippen molar-refractivity contribution in [3.05, 3.63) is 24.2 Å². The fraction of sp³-hybridized carbons (Fsp3) is 0.625. The predicted molar refractivity (Wildman–Crippen MR) is 110 cm³/mol. The number of amides is 1. The molecule has 1 aromatic heterocycles. The number of rotatable bonds is 6. The number of nitrogens with zero attached hydrogens (tertiary/aromatic N) is 2. The number of nitrogens with one attached hydrogen (secondary N) is 2. The van der Waals surface area contributed by atoms with Crippen molar-refractivity contribution in [1.29, 1.82) is 0 Å². The highest BCUT2D eigenvalue weighted by Crippen LogP contribution is 2.20. The third-order valence-corrected chi connectivity index (χ3v) is 5.01. The van der Waals surface area contributed by atoms with Gasteiger partial charge < -0.3 is 20.0 Å². The summed E-state index contributed by atoms with van der Waals surface area (Å²) < 4.78 is 5.19. The molecule has 6 nitrogen and oxygen atoms in total. The van der Waals surface area contributed by atoms with Gasteiger partial charge in [0.2, 0.25) is 5.91 Å². The van der Waals surface area contributed by atoms with Crippen molar-refractivity contribution < 1.29 is 9.21 Å². The molecule has 1 fully saturated rings. The van der Waals surface area contributed by atoms with E-state index in [1.54, 1.807) is 12.3 Å². The second-order valence-corrected chi connectivity index (χ2v) is 6.78. The maximum Gasteiger partial charge on any atom is 0.242 e. The number of guanidine groups is 1. The van der Waals surface area contributed by atoms with Crippen LogP contribution in [0.1, 0.15) is 26.0 Å². The topological polar surface area (TPSA) is 69.9 Å². The molecule has 1 aliphatic heterocycles. The van der Waals surface area contributed by atoms with Gasteiger partial charge >= 0.3 is 0 Å². The molecule has 1 unspecified atom stereocenters. The van der Waals surface area contributed by atoms with E-state index in [1.165, 1.54) is 0 Å². The molecule has 0 spiro atoms. The average molecular weight is 466 g/mol. The molecular weight excluding hydrogens is 439 g/mol. The van der Waals surface area contributed by atoms with Gasteiger partial charge in [-0.2, -0.15) is 11.8 Å². The number of aliphatic imine (C=N–C) groups is 1. The molecule has 8 heteroatoms. The smallest absolute Gasteiger partial charge is 0.242 e. The summed E-state index contributed by atoms with van der Waals surface area (Å²) in [7, 11) is 0. The SMILES string of the molecule is CCNC(=NCC(=O)NCc1ccco1)N1CCSC(CC)C1.I. The zero-order valence-electron chi connectivity index (χ0n) is 14.3. The molecular formula is C16H27IN4O2S. The lowest BCUT2D eigenvalue weighted by Crippen LogP contribution is -2.48. The van der Waals surface area contributed by atoms with E-state index in [0.29, 0.717) is 11.8 Å². The quantitative estimate of drug-likeness (QED) is 0.383. The third kappa shape index (κ3) is 6.92. The summed E-state index contributed by atoms with van der Waals surface area (Å²) in [6.45, 7) is 7.55. The van der Waals surface area contributed by atoms with E-state index in [0.717, 1.165) is 43.5 Å². The number of carbonyl (C=O) groups is 1. The van der Waals surface area contributed by atoms with Crippen LogP contribution in [0.2, 0.25) is 0 Å². The van der Waals surface area contributed by atoms with Gasteiger partial charge in [0.1, 0.15) is 12.3 Å². The Balaban J connectivity index is 0.00000288. The first-order valence-corrected chi connectivity index (χ1v) is 9.21. The summed E-state index contributed by atoms with van der Waals surface area (Å²) in [5, 5.41) is 6.74. The maximum absolute atomic E-state index is 11.9. The molecule has 1 aromatic rings. The van der Waals surface area contributed by atoms with Gasteiger partial charge in [-0.3, -0.25) is 4.79 Å². The fourth-order valence-corrected chi connectivity index (χ4v) is 3.57. The van der Waals surface area contributed by atoms with Crippen molar-refractivity contribution in [2.75, 3.05) is 31.9 Å². The van der Waals surface area contributed by atoms with E-state index in [4.69, 9.17) is 4.42 Å². The summed E-state index contributed by atoms with van der Waals surface area (Å²) in [5.74, 6) is 2.58. The van der Waals surface area contributed by atoms with Crippen molar-refractivity contribution in [3.8, 4) is 0 Å². The fourth-order valence-electron chi connectivity index (χ4n) is 2.39. The van der Waals surface area contributed by atoms with Crippen LogP contribution in [-0.4, -0.2) is 53.9 Å².